The molecule has 1 aliphatic rings. The number of amides is 1. The Balaban J connectivity index is 1.83. The predicted molar refractivity (Wildman–Crippen MR) is 86.3 cm³/mol. The Hall–Kier alpha value is -0.910. The molecular formula is C16H26N2O2S. The van der Waals surface area contributed by atoms with E-state index in [0.29, 0.717) is 18.4 Å². The molecule has 21 heavy (non-hydrogen) atoms. The van der Waals surface area contributed by atoms with Gasteiger partial charge in [0.05, 0.1) is 12.6 Å². The average molecular weight is 310 g/mol. The number of hydrogen-bond acceptors (Lipinski definition) is 4. The molecule has 1 aliphatic heterocycles. The maximum absolute atomic E-state index is 12.3. The molecule has 0 radical (unpaired) electrons. The van der Waals surface area contributed by atoms with E-state index < -0.39 is 0 Å². The summed E-state index contributed by atoms with van der Waals surface area (Å²) < 4.78 is 0. The fourth-order valence-corrected chi connectivity index (χ4v) is 3.88. The second-order valence-electron chi connectivity index (χ2n) is 6.21. The minimum atomic E-state index is 0.103. The second kappa shape index (κ2) is 7.92. The lowest BCUT2D eigenvalue weighted by molar-refractivity contribution is -0.123. The van der Waals surface area contributed by atoms with Gasteiger partial charge in [-0.25, -0.2) is 0 Å². The minimum absolute atomic E-state index is 0.103. The summed E-state index contributed by atoms with van der Waals surface area (Å²) in [6, 6.07) is 4.22. The van der Waals surface area contributed by atoms with Crippen molar-refractivity contribution in [1.29, 1.82) is 0 Å². The number of nitrogens with zero attached hydrogens (tertiary/aromatic N) is 1. The van der Waals surface area contributed by atoms with Gasteiger partial charge in [-0.2, -0.15) is 0 Å². The van der Waals surface area contributed by atoms with Crippen molar-refractivity contribution >= 4 is 17.2 Å². The predicted octanol–water partition coefficient (Wildman–Crippen LogP) is 2.27. The molecule has 0 spiro atoms. The zero-order valence-corrected chi connectivity index (χ0v) is 13.7. The van der Waals surface area contributed by atoms with Gasteiger partial charge in [-0.3, -0.25) is 9.69 Å². The van der Waals surface area contributed by atoms with Gasteiger partial charge in [-0.05, 0) is 42.7 Å². The first-order valence-corrected chi connectivity index (χ1v) is 8.64. The first kappa shape index (κ1) is 16.5. The molecule has 1 aromatic heterocycles. The summed E-state index contributed by atoms with van der Waals surface area (Å²) in [5.41, 5.74) is 0. The lowest BCUT2D eigenvalue weighted by atomic mass is 10.0. The Morgan fingerprint density at radius 1 is 1.57 bits per heavy atom. The lowest BCUT2D eigenvalue weighted by Gasteiger charge is -2.23. The van der Waals surface area contributed by atoms with Gasteiger partial charge in [0.15, 0.2) is 0 Å². The maximum atomic E-state index is 12.3. The highest BCUT2D eigenvalue weighted by molar-refractivity contribution is 7.10. The van der Waals surface area contributed by atoms with Gasteiger partial charge in [0.1, 0.15) is 0 Å². The number of nitrogens with one attached hydrogen (secondary N) is 1. The molecule has 1 aromatic rings. The third-order valence-electron chi connectivity index (χ3n) is 4.11. The van der Waals surface area contributed by atoms with Gasteiger partial charge >= 0.3 is 0 Å². The van der Waals surface area contributed by atoms with Gasteiger partial charge in [0.2, 0.25) is 5.91 Å². The SMILES string of the molecule is CC(C)C(NC(=O)CN1CCC(CCO)C1)c1cccs1. The fourth-order valence-electron chi connectivity index (χ4n) is 2.93. The highest BCUT2D eigenvalue weighted by atomic mass is 32.1. The number of aliphatic hydroxyl groups excluding tert-OH is 1. The van der Waals surface area contributed by atoms with Crippen LogP contribution in [0.4, 0.5) is 0 Å². The van der Waals surface area contributed by atoms with E-state index in [1.54, 1.807) is 11.3 Å². The van der Waals surface area contributed by atoms with Crippen molar-refractivity contribution in [2.45, 2.75) is 32.7 Å². The molecule has 1 fully saturated rings. The van der Waals surface area contributed by atoms with Crippen LogP contribution in [0.5, 0.6) is 0 Å². The highest BCUT2D eigenvalue weighted by Crippen LogP contribution is 2.26. The van der Waals surface area contributed by atoms with Crippen LogP contribution >= 0.6 is 11.3 Å². The van der Waals surface area contributed by atoms with E-state index >= 15 is 0 Å². The van der Waals surface area contributed by atoms with Crippen molar-refractivity contribution in [2.24, 2.45) is 11.8 Å². The molecule has 5 heteroatoms. The van der Waals surface area contributed by atoms with Crippen LogP contribution in [0.2, 0.25) is 0 Å². The Morgan fingerprint density at radius 3 is 3.00 bits per heavy atom. The number of hydrogen-bond donors (Lipinski definition) is 2. The number of thiophene rings is 1. The van der Waals surface area contributed by atoms with Crippen molar-refractivity contribution in [3.05, 3.63) is 22.4 Å². The molecular weight excluding hydrogens is 284 g/mol. The zero-order valence-electron chi connectivity index (χ0n) is 12.9. The monoisotopic (exact) mass is 310 g/mol. The van der Waals surface area contributed by atoms with Crippen molar-refractivity contribution in [1.82, 2.24) is 10.2 Å². The van der Waals surface area contributed by atoms with Crippen LogP contribution in [0.15, 0.2) is 17.5 Å². The summed E-state index contributed by atoms with van der Waals surface area (Å²) in [5, 5.41) is 14.2. The molecule has 0 saturated carbocycles. The Kier molecular flexibility index (Phi) is 6.21. The van der Waals surface area contributed by atoms with E-state index in [9.17, 15) is 4.79 Å². The molecule has 1 saturated heterocycles. The van der Waals surface area contributed by atoms with Crippen LogP contribution in [0.3, 0.4) is 0 Å². The Labute approximate surface area is 131 Å². The maximum Gasteiger partial charge on any atom is 0.234 e. The van der Waals surface area contributed by atoms with Crippen LogP contribution in [-0.2, 0) is 4.79 Å². The average Bonchev–Trinajstić information content (AvgIpc) is 3.08. The molecule has 0 bridgehead atoms. The van der Waals surface area contributed by atoms with Gasteiger partial charge in [-0.15, -0.1) is 11.3 Å². The molecule has 2 unspecified atom stereocenters. The summed E-state index contributed by atoms with van der Waals surface area (Å²) in [7, 11) is 0. The number of carbonyl (C=O) groups is 1. The molecule has 4 nitrogen and oxygen atoms in total. The van der Waals surface area contributed by atoms with E-state index in [2.05, 4.69) is 35.5 Å². The summed E-state index contributed by atoms with van der Waals surface area (Å²) in [4.78, 5) is 15.7. The number of aliphatic hydroxyl groups is 1. The fraction of sp³-hybridized carbons (Fsp3) is 0.688. The minimum Gasteiger partial charge on any atom is -0.396 e. The standard InChI is InChI=1S/C16H26N2O2S/c1-12(2)16(14-4-3-9-21-14)17-15(20)11-18-7-5-13(10-18)6-8-19/h3-4,9,12-13,16,19H,5-8,10-11H2,1-2H3,(H,17,20). The number of rotatable bonds is 7. The topological polar surface area (TPSA) is 52.6 Å². The van der Waals surface area contributed by atoms with Crippen LogP contribution in [0.1, 0.15) is 37.6 Å². The molecule has 2 heterocycles. The highest BCUT2D eigenvalue weighted by Gasteiger charge is 2.25. The van der Waals surface area contributed by atoms with E-state index in [4.69, 9.17) is 5.11 Å². The third kappa shape index (κ3) is 4.80. The summed E-state index contributed by atoms with van der Waals surface area (Å²) in [5.74, 6) is 1.03. The molecule has 0 aliphatic carbocycles. The molecule has 2 rings (SSSR count). The third-order valence-corrected chi connectivity index (χ3v) is 5.06. The van der Waals surface area contributed by atoms with Crippen LogP contribution in [-0.4, -0.2) is 42.2 Å². The van der Waals surface area contributed by atoms with Gasteiger partial charge < -0.3 is 10.4 Å². The summed E-state index contributed by atoms with van der Waals surface area (Å²) in [6.07, 6.45) is 1.94. The van der Waals surface area contributed by atoms with Gasteiger partial charge in [0.25, 0.3) is 0 Å². The van der Waals surface area contributed by atoms with E-state index in [-0.39, 0.29) is 18.6 Å². The van der Waals surface area contributed by atoms with Gasteiger partial charge in [-0.1, -0.05) is 19.9 Å². The van der Waals surface area contributed by atoms with Crippen LogP contribution < -0.4 is 5.32 Å². The first-order valence-electron chi connectivity index (χ1n) is 7.76. The summed E-state index contributed by atoms with van der Waals surface area (Å²) in [6.45, 7) is 6.88. The Bertz CT molecular complexity index is 433. The van der Waals surface area contributed by atoms with Crippen molar-refractivity contribution < 1.29 is 9.90 Å². The van der Waals surface area contributed by atoms with Crippen LogP contribution in [0, 0.1) is 11.8 Å². The van der Waals surface area contributed by atoms with Crippen molar-refractivity contribution in [3.63, 3.8) is 0 Å². The van der Waals surface area contributed by atoms with Crippen LogP contribution in [0.25, 0.3) is 0 Å². The zero-order chi connectivity index (χ0) is 15.2. The van der Waals surface area contributed by atoms with Gasteiger partial charge in [0, 0.05) is 18.0 Å². The van der Waals surface area contributed by atoms with E-state index in [1.165, 1.54) is 4.88 Å². The first-order chi connectivity index (χ1) is 10.1. The number of carbonyl (C=O) groups excluding carboxylic acids is 1. The van der Waals surface area contributed by atoms with E-state index in [1.807, 2.05) is 6.07 Å². The van der Waals surface area contributed by atoms with E-state index in [0.717, 1.165) is 25.9 Å². The molecule has 2 N–H and O–H groups in total. The van der Waals surface area contributed by atoms with Crippen molar-refractivity contribution in [3.8, 4) is 0 Å². The lowest BCUT2D eigenvalue weighted by Crippen LogP contribution is -2.39. The second-order valence-corrected chi connectivity index (χ2v) is 7.19. The molecule has 1 amide bonds. The summed E-state index contributed by atoms with van der Waals surface area (Å²) >= 11 is 1.69. The van der Waals surface area contributed by atoms with Crippen molar-refractivity contribution in [2.75, 3.05) is 26.2 Å². The smallest absolute Gasteiger partial charge is 0.234 e. The molecule has 2 atom stereocenters. The number of likely N-dealkylation sites (tertiary alicyclic amines) is 1. The quantitative estimate of drug-likeness (QED) is 0.812. The molecule has 0 aromatic carbocycles. The molecule has 118 valence electrons. The Morgan fingerprint density at radius 2 is 2.38 bits per heavy atom. The largest absolute Gasteiger partial charge is 0.396 e. The normalized spacial score (nSPS) is 20.9.